The van der Waals surface area contributed by atoms with Gasteiger partial charge in [0, 0.05) is 5.92 Å². The van der Waals surface area contributed by atoms with Crippen molar-refractivity contribution in [1.29, 1.82) is 5.26 Å². The van der Waals surface area contributed by atoms with E-state index in [0.29, 0.717) is 18.0 Å². The summed E-state index contributed by atoms with van der Waals surface area (Å²) in [4.78, 5) is 12.3. The fraction of sp³-hybridized carbons (Fsp3) is 0.364. The summed E-state index contributed by atoms with van der Waals surface area (Å²) in [7, 11) is 1.28. The number of nitrogens with zero attached hydrogens (tertiary/aromatic N) is 3. The first-order valence-corrected chi connectivity index (χ1v) is 9.37. The largest absolute Gasteiger partial charge is 0.489 e. The predicted octanol–water partition coefficient (Wildman–Crippen LogP) is 4.97. The summed E-state index contributed by atoms with van der Waals surface area (Å²) in [5, 5.41) is 18.1. The van der Waals surface area contributed by atoms with Crippen molar-refractivity contribution in [1.82, 2.24) is 0 Å². The van der Waals surface area contributed by atoms with E-state index in [1.807, 2.05) is 30.3 Å². The fourth-order valence-corrected chi connectivity index (χ4v) is 3.43. The number of ether oxygens (including phenoxy) is 2. The van der Waals surface area contributed by atoms with Crippen LogP contribution in [0.5, 0.6) is 5.75 Å². The van der Waals surface area contributed by atoms with E-state index in [4.69, 9.17) is 9.47 Å². The molecule has 0 radical (unpaired) electrons. The maximum Gasteiger partial charge on any atom is 0.350 e. The summed E-state index contributed by atoms with van der Waals surface area (Å²) >= 11 is 0. The number of carbonyl (C=O) groups excluding carboxylic acids is 1. The Labute approximate surface area is 164 Å². The molecule has 3 rings (SSSR count). The highest BCUT2D eigenvalue weighted by Gasteiger charge is 2.49. The molecule has 0 bridgehead atoms. The number of rotatable bonds is 7. The van der Waals surface area contributed by atoms with Gasteiger partial charge in [0.2, 0.25) is 0 Å². The van der Waals surface area contributed by atoms with Crippen LogP contribution >= 0.6 is 0 Å². The number of hydrogen-bond acceptors (Lipinski definition) is 6. The molecule has 1 aliphatic carbocycles. The van der Waals surface area contributed by atoms with Gasteiger partial charge in [-0.25, -0.2) is 4.79 Å². The second-order valence-electron chi connectivity index (χ2n) is 6.82. The van der Waals surface area contributed by atoms with Gasteiger partial charge >= 0.3 is 5.97 Å². The van der Waals surface area contributed by atoms with E-state index in [2.05, 4.69) is 16.3 Å². The third kappa shape index (κ3) is 4.37. The number of benzene rings is 2. The molecule has 28 heavy (non-hydrogen) atoms. The van der Waals surface area contributed by atoms with E-state index >= 15 is 0 Å². The Bertz CT molecular complexity index is 853. The van der Waals surface area contributed by atoms with Crippen LogP contribution in [0.25, 0.3) is 0 Å². The van der Waals surface area contributed by atoms with Crippen LogP contribution in [0.2, 0.25) is 0 Å². The second kappa shape index (κ2) is 9.14. The molecule has 0 heterocycles. The van der Waals surface area contributed by atoms with Gasteiger partial charge in [-0.15, -0.1) is 0 Å². The van der Waals surface area contributed by atoms with Gasteiger partial charge < -0.3 is 9.47 Å². The molecule has 6 heteroatoms. The van der Waals surface area contributed by atoms with Gasteiger partial charge in [-0.3, -0.25) is 0 Å². The Balaban J connectivity index is 1.71. The molecule has 0 aromatic heterocycles. The first-order chi connectivity index (χ1) is 13.7. The normalized spacial score (nSPS) is 16.4. The lowest BCUT2D eigenvalue weighted by atomic mass is 9.84. The Morgan fingerprint density at radius 1 is 1.14 bits per heavy atom. The summed E-state index contributed by atoms with van der Waals surface area (Å²) in [5.74, 6) is -0.103. The highest BCUT2D eigenvalue weighted by Crippen LogP contribution is 2.38. The van der Waals surface area contributed by atoms with Crippen molar-refractivity contribution >= 4 is 11.7 Å². The van der Waals surface area contributed by atoms with E-state index < -0.39 is 11.5 Å². The van der Waals surface area contributed by atoms with E-state index in [-0.39, 0.29) is 5.92 Å². The number of carbonyl (C=O) groups is 1. The van der Waals surface area contributed by atoms with Gasteiger partial charge in [-0.2, -0.15) is 15.5 Å². The topological polar surface area (TPSA) is 84.0 Å². The zero-order valence-electron chi connectivity index (χ0n) is 15.9. The summed E-state index contributed by atoms with van der Waals surface area (Å²) < 4.78 is 10.6. The van der Waals surface area contributed by atoms with Crippen molar-refractivity contribution in [2.24, 2.45) is 16.1 Å². The van der Waals surface area contributed by atoms with Gasteiger partial charge in [-0.05, 0) is 42.7 Å². The molecule has 6 nitrogen and oxygen atoms in total. The van der Waals surface area contributed by atoms with Crippen LogP contribution in [0.4, 0.5) is 5.69 Å². The lowest BCUT2D eigenvalue weighted by Gasteiger charge is -2.24. The third-order valence-electron chi connectivity index (χ3n) is 5.02. The standard InChI is InChI=1S/C22H23N3O3/c1-27-21(26)22(16-23,18-9-5-6-10-18)25-24-19-11-13-20(14-12-19)28-15-17-7-3-2-4-8-17/h2-4,7-8,11-14,18H,5-6,9-10,15H2,1H3. The van der Waals surface area contributed by atoms with Crippen molar-refractivity contribution in [2.75, 3.05) is 7.11 Å². The molecule has 1 fully saturated rings. The van der Waals surface area contributed by atoms with Crippen LogP contribution < -0.4 is 4.74 Å². The smallest absolute Gasteiger partial charge is 0.350 e. The van der Waals surface area contributed by atoms with Crippen LogP contribution in [0.15, 0.2) is 64.8 Å². The maximum atomic E-state index is 12.3. The molecule has 1 atom stereocenters. The molecule has 0 saturated heterocycles. The molecular formula is C22H23N3O3. The molecule has 144 valence electrons. The molecule has 0 aliphatic heterocycles. The Morgan fingerprint density at radius 3 is 2.43 bits per heavy atom. The van der Waals surface area contributed by atoms with Crippen LogP contribution in [0.1, 0.15) is 31.2 Å². The van der Waals surface area contributed by atoms with E-state index in [9.17, 15) is 10.1 Å². The lowest BCUT2D eigenvalue weighted by Crippen LogP contribution is -2.42. The molecule has 2 aromatic carbocycles. The second-order valence-corrected chi connectivity index (χ2v) is 6.82. The van der Waals surface area contributed by atoms with Gasteiger partial charge in [0.1, 0.15) is 18.4 Å². The first-order valence-electron chi connectivity index (χ1n) is 9.37. The fourth-order valence-electron chi connectivity index (χ4n) is 3.43. The highest BCUT2D eigenvalue weighted by atomic mass is 16.5. The van der Waals surface area contributed by atoms with E-state index in [0.717, 1.165) is 31.2 Å². The SMILES string of the molecule is COC(=O)C(C#N)(N=Nc1ccc(OCc2ccccc2)cc1)C1CCCC1. The van der Waals surface area contributed by atoms with Crippen molar-refractivity contribution < 1.29 is 14.3 Å². The van der Waals surface area contributed by atoms with Crippen LogP contribution in [0.3, 0.4) is 0 Å². The Kier molecular flexibility index (Phi) is 6.38. The minimum Gasteiger partial charge on any atom is -0.489 e. The molecule has 0 N–H and O–H groups in total. The third-order valence-corrected chi connectivity index (χ3v) is 5.02. The summed E-state index contributed by atoms with van der Waals surface area (Å²) in [5.41, 5.74) is 0.0570. The summed E-state index contributed by atoms with van der Waals surface area (Å²) in [6.45, 7) is 0.475. The quantitative estimate of drug-likeness (QED) is 0.503. The van der Waals surface area contributed by atoms with Crippen LogP contribution in [0, 0.1) is 17.2 Å². The molecule has 1 saturated carbocycles. The average molecular weight is 377 g/mol. The zero-order chi connectivity index (χ0) is 19.8. The number of azo groups is 1. The number of hydrogen-bond donors (Lipinski definition) is 0. The summed E-state index contributed by atoms with van der Waals surface area (Å²) in [6, 6.07) is 19.0. The number of nitriles is 1. The Hall–Kier alpha value is -3.20. The molecule has 0 amide bonds. The van der Waals surface area contributed by atoms with E-state index in [1.165, 1.54) is 7.11 Å². The molecule has 1 aliphatic rings. The van der Waals surface area contributed by atoms with Crippen LogP contribution in [-0.4, -0.2) is 18.6 Å². The van der Waals surface area contributed by atoms with Crippen molar-refractivity contribution in [3.05, 3.63) is 60.2 Å². The van der Waals surface area contributed by atoms with Gasteiger partial charge in [0.05, 0.1) is 12.8 Å². The molecule has 2 aromatic rings. The van der Waals surface area contributed by atoms with Gasteiger partial charge in [0.15, 0.2) is 0 Å². The van der Waals surface area contributed by atoms with Crippen molar-refractivity contribution in [3.63, 3.8) is 0 Å². The summed E-state index contributed by atoms with van der Waals surface area (Å²) in [6.07, 6.45) is 3.50. The molecule has 0 spiro atoms. The minimum absolute atomic E-state index is 0.165. The first kappa shape index (κ1) is 19.6. The number of methoxy groups -OCH3 is 1. The highest BCUT2D eigenvalue weighted by molar-refractivity contribution is 5.85. The van der Waals surface area contributed by atoms with Crippen molar-refractivity contribution in [2.45, 2.75) is 37.8 Å². The number of esters is 1. The maximum absolute atomic E-state index is 12.3. The zero-order valence-corrected chi connectivity index (χ0v) is 15.9. The van der Waals surface area contributed by atoms with Gasteiger partial charge in [-0.1, -0.05) is 43.2 Å². The van der Waals surface area contributed by atoms with E-state index in [1.54, 1.807) is 24.3 Å². The van der Waals surface area contributed by atoms with Crippen LogP contribution in [-0.2, 0) is 16.1 Å². The monoisotopic (exact) mass is 377 g/mol. The molecular weight excluding hydrogens is 354 g/mol. The average Bonchev–Trinajstić information content (AvgIpc) is 3.29. The van der Waals surface area contributed by atoms with Gasteiger partial charge in [0.25, 0.3) is 5.54 Å². The molecule has 1 unspecified atom stereocenters. The predicted molar refractivity (Wildman–Crippen MR) is 104 cm³/mol. The van der Waals surface area contributed by atoms with Crippen molar-refractivity contribution in [3.8, 4) is 11.8 Å². The lowest BCUT2D eigenvalue weighted by molar-refractivity contribution is -0.146. The minimum atomic E-state index is -1.58. The Morgan fingerprint density at radius 2 is 1.82 bits per heavy atom.